The molecule has 1 aliphatic heterocycles. The number of aliphatic hydroxyl groups excluding tert-OH is 1. The third kappa shape index (κ3) is 3.79. The highest BCUT2D eigenvalue weighted by Gasteiger charge is 2.49. The van der Waals surface area contributed by atoms with Gasteiger partial charge >= 0.3 is 0 Å². The Hall–Kier alpha value is -5.25. The van der Waals surface area contributed by atoms with Crippen LogP contribution in [0.15, 0.2) is 95.3 Å². The molecule has 190 valence electrons. The summed E-state index contributed by atoms with van der Waals surface area (Å²) in [5, 5.41) is 22.4. The van der Waals surface area contributed by atoms with Crippen LogP contribution in [0.5, 0.6) is 0 Å². The van der Waals surface area contributed by atoms with Crippen molar-refractivity contribution in [2.24, 2.45) is 7.05 Å². The number of nitrogens with zero attached hydrogens (tertiary/aromatic N) is 4. The normalized spacial score (nSPS) is 16.7. The van der Waals surface area contributed by atoms with E-state index in [-0.39, 0.29) is 16.9 Å². The first-order valence-corrected chi connectivity index (χ1v) is 11.7. The lowest BCUT2D eigenvalue weighted by Crippen LogP contribution is -2.34. The predicted molar refractivity (Wildman–Crippen MR) is 140 cm³/mol. The third-order valence-electron chi connectivity index (χ3n) is 6.68. The SMILES string of the molecule is Cc1c(N2C(=O)C(=O)C(=C(O)c3ccccc3)[C@@H]2c2ccc([N+](=O)[O-])cc2)c(=O)n(-c2ccccc2)n1C. The first-order chi connectivity index (χ1) is 18.2. The lowest BCUT2D eigenvalue weighted by Gasteiger charge is -2.24. The Labute approximate surface area is 216 Å². The summed E-state index contributed by atoms with van der Waals surface area (Å²) in [5.74, 6) is -2.37. The lowest BCUT2D eigenvalue weighted by molar-refractivity contribution is -0.384. The van der Waals surface area contributed by atoms with Crippen molar-refractivity contribution in [2.75, 3.05) is 4.90 Å². The van der Waals surface area contributed by atoms with E-state index in [1.807, 2.05) is 6.07 Å². The summed E-state index contributed by atoms with van der Waals surface area (Å²) in [6.45, 7) is 1.65. The van der Waals surface area contributed by atoms with Gasteiger partial charge in [-0.25, -0.2) is 4.68 Å². The number of carbonyl (C=O) groups is 2. The summed E-state index contributed by atoms with van der Waals surface area (Å²) in [7, 11) is 1.66. The fourth-order valence-corrected chi connectivity index (χ4v) is 4.74. The van der Waals surface area contributed by atoms with Crippen molar-refractivity contribution in [2.45, 2.75) is 13.0 Å². The van der Waals surface area contributed by atoms with Gasteiger partial charge in [-0.15, -0.1) is 0 Å². The number of non-ortho nitro benzene ring substituents is 1. The molecule has 10 heteroatoms. The zero-order valence-electron chi connectivity index (χ0n) is 20.4. The molecule has 3 aromatic carbocycles. The van der Waals surface area contributed by atoms with E-state index in [0.717, 1.165) is 4.90 Å². The van der Waals surface area contributed by atoms with Crippen LogP contribution in [0.3, 0.4) is 0 Å². The van der Waals surface area contributed by atoms with E-state index < -0.39 is 34.0 Å². The predicted octanol–water partition coefficient (Wildman–Crippen LogP) is 4.02. The van der Waals surface area contributed by atoms with E-state index in [9.17, 15) is 29.6 Å². The number of rotatable bonds is 5. The highest BCUT2D eigenvalue weighted by atomic mass is 16.6. The van der Waals surface area contributed by atoms with E-state index >= 15 is 0 Å². The Bertz CT molecular complexity index is 1670. The maximum absolute atomic E-state index is 13.8. The van der Waals surface area contributed by atoms with Gasteiger partial charge in [0.1, 0.15) is 11.4 Å². The molecule has 38 heavy (non-hydrogen) atoms. The number of nitro groups is 1. The van der Waals surface area contributed by atoms with Crippen molar-refractivity contribution < 1.29 is 19.6 Å². The number of ketones is 1. The van der Waals surface area contributed by atoms with Crippen LogP contribution in [0.1, 0.15) is 22.9 Å². The molecular weight excluding hydrogens is 488 g/mol. The zero-order valence-corrected chi connectivity index (χ0v) is 20.4. The third-order valence-corrected chi connectivity index (χ3v) is 6.68. The van der Waals surface area contributed by atoms with E-state index in [1.165, 1.54) is 28.9 Å². The number of aromatic nitrogens is 2. The van der Waals surface area contributed by atoms with E-state index in [2.05, 4.69) is 0 Å². The van der Waals surface area contributed by atoms with Gasteiger partial charge in [-0.3, -0.25) is 34.1 Å². The number of amides is 1. The average Bonchev–Trinajstić information content (AvgIpc) is 3.31. The summed E-state index contributed by atoms with van der Waals surface area (Å²) < 4.78 is 2.96. The average molecular weight is 511 g/mol. The van der Waals surface area contributed by atoms with Crippen molar-refractivity contribution in [1.29, 1.82) is 0 Å². The summed E-state index contributed by atoms with van der Waals surface area (Å²) >= 11 is 0. The summed E-state index contributed by atoms with van der Waals surface area (Å²) in [6.07, 6.45) is 0. The molecule has 1 saturated heterocycles. The molecule has 0 aliphatic carbocycles. The van der Waals surface area contributed by atoms with Crippen molar-refractivity contribution >= 4 is 28.8 Å². The molecule has 1 fully saturated rings. The second-order valence-corrected chi connectivity index (χ2v) is 8.79. The lowest BCUT2D eigenvalue weighted by atomic mass is 9.95. The molecule has 1 N–H and O–H groups in total. The van der Waals surface area contributed by atoms with Crippen LogP contribution in [0.4, 0.5) is 11.4 Å². The molecular formula is C28H22N4O6. The molecule has 10 nitrogen and oxygen atoms in total. The first kappa shape index (κ1) is 24.4. The minimum Gasteiger partial charge on any atom is -0.507 e. The summed E-state index contributed by atoms with van der Waals surface area (Å²) in [6, 6.07) is 21.2. The van der Waals surface area contributed by atoms with E-state index in [4.69, 9.17) is 0 Å². The fourth-order valence-electron chi connectivity index (χ4n) is 4.74. The molecule has 1 aliphatic rings. The maximum Gasteiger partial charge on any atom is 0.300 e. The molecule has 0 unspecified atom stereocenters. The van der Waals surface area contributed by atoms with Gasteiger partial charge in [-0.05, 0) is 36.8 Å². The number of aliphatic hydroxyl groups is 1. The van der Waals surface area contributed by atoms with Crippen LogP contribution in [-0.4, -0.2) is 31.1 Å². The van der Waals surface area contributed by atoms with Crippen molar-refractivity contribution in [3.8, 4) is 5.69 Å². The van der Waals surface area contributed by atoms with Crippen molar-refractivity contribution in [3.63, 3.8) is 0 Å². The van der Waals surface area contributed by atoms with E-state index in [1.54, 1.807) is 73.3 Å². The van der Waals surface area contributed by atoms with Crippen LogP contribution in [0.25, 0.3) is 11.4 Å². The van der Waals surface area contributed by atoms with Gasteiger partial charge in [0.25, 0.3) is 22.9 Å². The largest absolute Gasteiger partial charge is 0.507 e. The minimum absolute atomic E-state index is 0.0334. The molecule has 1 atom stereocenters. The van der Waals surface area contributed by atoms with Crippen LogP contribution >= 0.6 is 0 Å². The molecule has 5 rings (SSSR count). The van der Waals surface area contributed by atoms with Gasteiger partial charge in [0.2, 0.25) is 0 Å². The molecule has 2 heterocycles. The number of Topliss-reactive ketones (excluding diaryl/α,β-unsaturated/α-hetero) is 1. The Balaban J connectivity index is 1.78. The zero-order chi connectivity index (χ0) is 27.1. The number of carbonyl (C=O) groups excluding carboxylic acids is 2. The van der Waals surface area contributed by atoms with Gasteiger partial charge in [0.05, 0.1) is 27.9 Å². The highest BCUT2D eigenvalue weighted by molar-refractivity contribution is 6.51. The number of anilines is 1. The molecule has 0 saturated carbocycles. The van der Waals surface area contributed by atoms with Crippen LogP contribution in [0.2, 0.25) is 0 Å². The Morgan fingerprint density at radius 3 is 2.05 bits per heavy atom. The smallest absolute Gasteiger partial charge is 0.300 e. The number of hydrogen-bond donors (Lipinski definition) is 1. The second kappa shape index (κ2) is 9.32. The van der Waals surface area contributed by atoms with Gasteiger partial charge in [-0.2, -0.15) is 0 Å². The standard InChI is InChI=1S/C28H22N4O6/c1-17-23(27(35)31(29(17)2)20-11-7-4-8-12-20)30-24(18-13-15-21(16-14-18)32(37)38)22(26(34)28(30)36)25(33)19-9-5-3-6-10-19/h3-16,24,33H,1-2H3/t24-/m0/s1. The van der Waals surface area contributed by atoms with Gasteiger partial charge < -0.3 is 5.11 Å². The van der Waals surface area contributed by atoms with Gasteiger partial charge in [0.15, 0.2) is 0 Å². The molecule has 0 radical (unpaired) electrons. The van der Waals surface area contributed by atoms with Crippen LogP contribution in [0, 0.1) is 17.0 Å². The minimum atomic E-state index is -1.20. The van der Waals surface area contributed by atoms with E-state index in [0.29, 0.717) is 22.5 Å². The quantitative estimate of drug-likeness (QED) is 0.142. The van der Waals surface area contributed by atoms with Gasteiger partial charge in [-0.1, -0.05) is 48.5 Å². The fraction of sp³-hybridized carbons (Fsp3) is 0.107. The van der Waals surface area contributed by atoms with Gasteiger partial charge in [0, 0.05) is 24.7 Å². The van der Waals surface area contributed by atoms with Crippen LogP contribution < -0.4 is 10.5 Å². The second-order valence-electron chi connectivity index (χ2n) is 8.79. The first-order valence-electron chi connectivity index (χ1n) is 11.7. The molecule has 0 bridgehead atoms. The molecule has 0 spiro atoms. The van der Waals surface area contributed by atoms with Crippen molar-refractivity contribution in [1.82, 2.24) is 9.36 Å². The number of benzene rings is 3. The Kier molecular flexibility index (Phi) is 6.00. The summed E-state index contributed by atoms with van der Waals surface area (Å²) in [5.41, 5.74) is 0.623. The monoisotopic (exact) mass is 510 g/mol. The number of nitro benzene ring substituents is 1. The number of para-hydroxylation sites is 1. The highest BCUT2D eigenvalue weighted by Crippen LogP contribution is 2.42. The Morgan fingerprint density at radius 1 is 0.895 bits per heavy atom. The summed E-state index contributed by atoms with van der Waals surface area (Å²) in [4.78, 5) is 52.5. The Morgan fingerprint density at radius 2 is 1.47 bits per heavy atom. The number of hydrogen-bond acceptors (Lipinski definition) is 6. The van der Waals surface area contributed by atoms with Crippen molar-refractivity contribution in [3.05, 3.63) is 128 Å². The molecule has 4 aromatic rings. The topological polar surface area (TPSA) is 128 Å². The molecule has 1 amide bonds. The molecule has 1 aromatic heterocycles. The maximum atomic E-state index is 13.8. The van der Waals surface area contributed by atoms with Crippen LogP contribution in [-0.2, 0) is 16.6 Å².